The predicted molar refractivity (Wildman–Crippen MR) is 99.1 cm³/mol. The van der Waals surface area contributed by atoms with E-state index in [1.807, 2.05) is 50.2 Å². The van der Waals surface area contributed by atoms with Crippen molar-refractivity contribution in [2.45, 2.75) is 59.0 Å². The summed E-state index contributed by atoms with van der Waals surface area (Å²) in [5.41, 5.74) is 4.68. The Hall–Kier alpha value is -2.09. The van der Waals surface area contributed by atoms with Crippen LogP contribution in [0.5, 0.6) is 0 Å². The normalized spacial score (nSPS) is 12.7. The molecule has 0 aliphatic heterocycles. The Morgan fingerprint density at radius 1 is 1.04 bits per heavy atom. The average molecular weight is 324 g/mol. The van der Waals surface area contributed by atoms with Crippen molar-refractivity contribution in [1.29, 1.82) is 0 Å². The number of carbonyl (C=O) groups is 1. The van der Waals surface area contributed by atoms with Gasteiger partial charge in [0.15, 0.2) is 0 Å². The lowest BCUT2D eigenvalue weighted by Crippen LogP contribution is -2.15. The third-order valence-electron chi connectivity index (χ3n) is 4.82. The van der Waals surface area contributed by atoms with E-state index in [9.17, 15) is 4.79 Å². The van der Waals surface area contributed by atoms with Gasteiger partial charge in [-0.15, -0.1) is 0 Å². The van der Waals surface area contributed by atoms with Gasteiger partial charge in [-0.25, -0.2) is 0 Å². The first-order chi connectivity index (χ1) is 11.3. The van der Waals surface area contributed by atoms with Crippen molar-refractivity contribution in [3.05, 3.63) is 70.8 Å². The van der Waals surface area contributed by atoms with Crippen molar-refractivity contribution in [2.75, 3.05) is 0 Å². The lowest BCUT2D eigenvalue weighted by Gasteiger charge is -2.23. The Morgan fingerprint density at radius 2 is 1.62 bits per heavy atom. The molecule has 2 aromatic rings. The molecule has 0 radical (unpaired) electrons. The molecule has 0 amide bonds. The minimum Gasteiger partial charge on any atom is -0.458 e. The highest BCUT2D eigenvalue weighted by molar-refractivity contribution is 5.72. The summed E-state index contributed by atoms with van der Waals surface area (Å²) in [4.78, 5) is 12.2. The number of esters is 1. The molecule has 0 fully saturated rings. The largest absolute Gasteiger partial charge is 0.458 e. The molecule has 2 aromatic carbocycles. The first kappa shape index (κ1) is 18.3. The van der Waals surface area contributed by atoms with Crippen molar-refractivity contribution in [2.24, 2.45) is 0 Å². The molecular formula is C22H28O2. The summed E-state index contributed by atoms with van der Waals surface area (Å²) in [6.07, 6.45) is 1.17. The Morgan fingerprint density at radius 3 is 2.17 bits per heavy atom. The Bertz CT molecular complexity index is 666. The van der Waals surface area contributed by atoms with Crippen LogP contribution in [-0.2, 0) is 21.4 Å². The lowest BCUT2D eigenvalue weighted by atomic mass is 9.82. The van der Waals surface area contributed by atoms with Crippen LogP contribution < -0.4 is 0 Å². The van der Waals surface area contributed by atoms with E-state index in [0.29, 0.717) is 6.42 Å². The maximum absolute atomic E-state index is 12.2. The summed E-state index contributed by atoms with van der Waals surface area (Å²) in [6.45, 7) is 10.6. The number of hydrogen-bond acceptors (Lipinski definition) is 2. The quantitative estimate of drug-likeness (QED) is 0.653. The van der Waals surface area contributed by atoms with Gasteiger partial charge in [-0.2, -0.15) is 0 Å². The van der Waals surface area contributed by atoms with E-state index in [1.165, 1.54) is 11.1 Å². The lowest BCUT2D eigenvalue weighted by molar-refractivity contribution is -0.147. The Balaban J connectivity index is 1.96. The van der Waals surface area contributed by atoms with Crippen LogP contribution in [0.4, 0.5) is 0 Å². The first-order valence-electron chi connectivity index (χ1n) is 8.67. The zero-order chi connectivity index (χ0) is 17.7. The van der Waals surface area contributed by atoms with Gasteiger partial charge in [-0.05, 0) is 42.4 Å². The molecule has 0 aliphatic carbocycles. The highest BCUT2D eigenvalue weighted by Gasteiger charge is 2.18. The van der Waals surface area contributed by atoms with Gasteiger partial charge in [0.25, 0.3) is 0 Å². The van der Waals surface area contributed by atoms with Gasteiger partial charge in [-0.3, -0.25) is 4.79 Å². The fourth-order valence-electron chi connectivity index (χ4n) is 2.59. The number of rotatable bonds is 6. The van der Waals surface area contributed by atoms with E-state index >= 15 is 0 Å². The molecule has 2 heteroatoms. The molecule has 1 atom stereocenters. The zero-order valence-corrected chi connectivity index (χ0v) is 15.4. The summed E-state index contributed by atoms with van der Waals surface area (Å²) >= 11 is 0. The third kappa shape index (κ3) is 4.70. The smallest absolute Gasteiger partial charge is 0.310 e. The number of aryl methyl sites for hydroxylation is 1. The summed E-state index contributed by atoms with van der Waals surface area (Å²) in [6, 6.07) is 16.4. The minimum absolute atomic E-state index is 0.166. The van der Waals surface area contributed by atoms with Crippen LogP contribution in [0.25, 0.3) is 0 Å². The van der Waals surface area contributed by atoms with Gasteiger partial charge in [0, 0.05) is 0 Å². The number of carbonyl (C=O) groups excluding carboxylic acids is 1. The maximum Gasteiger partial charge on any atom is 0.310 e. The summed E-state index contributed by atoms with van der Waals surface area (Å²) < 4.78 is 5.56. The van der Waals surface area contributed by atoms with E-state index in [0.717, 1.165) is 17.5 Å². The SMILES string of the molecule is CCC(C)(C)c1ccc(CC(=O)OC(C)c2ccc(C)cc2)cc1. The van der Waals surface area contributed by atoms with Crippen molar-refractivity contribution in [1.82, 2.24) is 0 Å². The fourth-order valence-corrected chi connectivity index (χ4v) is 2.59. The second-order valence-electron chi connectivity index (χ2n) is 7.15. The molecule has 2 nitrogen and oxygen atoms in total. The van der Waals surface area contributed by atoms with E-state index in [-0.39, 0.29) is 17.5 Å². The number of ether oxygens (including phenoxy) is 1. The molecule has 0 spiro atoms. The third-order valence-corrected chi connectivity index (χ3v) is 4.82. The molecule has 0 aliphatic rings. The van der Waals surface area contributed by atoms with Crippen LogP contribution in [0, 0.1) is 6.92 Å². The van der Waals surface area contributed by atoms with E-state index in [4.69, 9.17) is 4.74 Å². The Labute approximate surface area is 145 Å². The van der Waals surface area contributed by atoms with Crippen LogP contribution in [0.15, 0.2) is 48.5 Å². The average Bonchev–Trinajstić information content (AvgIpc) is 2.55. The van der Waals surface area contributed by atoms with E-state index in [2.05, 4.69) is 32.9 Å². The topological polar surface area (TPSA) is 26.3 Å². The molecule has 1 unspecified atom stereocenters. The predicted octanol–water partition coefficient (Wildman–Crippen LogP) is 5.53. The van der Waals surface area contributed by atoms with Crippen LogP contribution in [0.1, 0.15) is 62.5 Å². The molecule has 2 rings (SSSR count). The zero-order valence-electron chi connectivity index (χ0n) is 15.4. The van der Waals surface area contributed by atoms with Crippen LogP contribution in [0.3, 0.4) is 0 Å². The number of benzene rings is 2. The molecule has 128 valence electrons. The van der Waals surface area contributed by atoms with Gasteiger partial charge in [0.05, 0.1) is 6.42 Å². The molecule has 0 aromatic heterocycles. The van der Waals surface area contributed by atoms with Crippen LogP contribution in [-0.4, -0.2) is 5.97 Å². The first-order valence-corrected chi connectivity index (χ1v) is 8.67. The van der Waals surface area contributed by atoms with Gasteiger partial charge in [-0.1, -0.05) is 74.9 Å². The standard InChI is InChI=1S/C22H28O2/c1-6-22(4,5)20-13-9-18(10-14-20)15-21(23)24-17(3)19-11-7-16(2)8-12-19/h7-14,17H,6,15H2,1-5H3. The molecule has 0 bridgehead atoms. The van der Waals surface area contributed by atoms with Crippen molar-refractivity contribution in [3.8, 4) is 0 Å². The van der Waals surface area contributed by atoms with Gasteiger partial charge < -0.3 is 4.74 Å². The van der Waals surface area contributed by atoms with Gasteiger partial charge in [0.1, 0.15) is 6.10 Å². The van der Waals surface area contributed by atoms with Gasteiger partial charge >= 0.3 is 5.97 Å². The van der Waals surface area contributed by atoms with Crippen molar-refractivity contribution < 1.29 is 9.53 Å². The van der Waals surface area contributed by atoms with Crippen molar-refractivity contribution >= 4 is 5.97 Å². The molecule has 24 heavy (non-hydrogen) atoms. The van der Waals surface area contributed by atoms with Crippen LogP contribution in [0.2, 0.25) is 0 Å². The number of hydrogen-bond donors (Lipinski definition) is 0. The fraction of sp³-hybridized carbons (Fsp3) is 0.409. The molecular weight excluding hydrogens is 296 g/mol. The Kier molecular flexibility index (Phi) is 5.82. The highest BCUT2D eigenvalue weighted by atomic mass is 16.5. The monoisotopic (exact) mass is 324 g/mol. The minimum atomic E-state index is -0.226. The highest BCUT2D eigenvalue weighted by Crippen LogP contribution is 2.27. The van der Waals surface area contributed by atoms with Crippen LogP contribution >= 0.6 is 0 Å². The van der Waals surface area contributed by atoms with Gasteiger partial charge in [0.2, 0.25) is 0 Å². The second-order valence-corrected chi connectivity index (χ2v) is 7.15. The summed E-state index contributed by atoms with van der Waals surface area (Å²) in [5.74, 6) is -0.189. The second kappa shape index (κ2) is 7.65. The molecule has 0 N–H and O–H groups in total. The van der Waals surface area contributed by atoms with E-state index in [1.54, 1.807) is 0 Å². The molecule has 0 heterocycles. The molecule has 0 saturated carbocycles. The van der Waals surface area contributed by atoms with Crippen molar-refractivity contribution in [3.63, 3.8) is 0 Å². The van der Waals surface area contributed by atoms with E-state index < -0.39 is 0 Å². The summed E-state index contributed by atoms with van der Waals surface area (Å²) in [5, 5.41) is 0. The maximum atomic E-state index is 12.2. The molecule has 0 saturated heterocycles. The summed E-state index contributed by atoms with van der Waals surface area (Å²) in [7, 11) is 0.